The smallest absolute Gasteiger partial charge is 0.260 e. The number of halogens is 1. The van der Waals surface area contributed by atoms with Gasteiger partial charge >= 0.3 is 0 Å². The Morgan fingerprint density at radius 1 is 1.29 bits per heavy atom. The molecule has 0 bridgehead atoms. The number of hydrogen-bond donors (Lipinski definition) is 0. The van der Waals surface area contributed by atoms with Crippen LogP contribution in [0.4, 0.5) is 0 Å². The van der Waals surface area contributed by atoms with Gasteiger partial charge < -0.3 is 19.1 Å². The zero-order valence-electron chi connectivity index (χ0n) is 13.1. The Morgan fingerprint density at radius 3 is 2.83 bits per heavy atom. The zero-order valence-corrected chi connectivity index (χ0v) is 14.7. The molecule has 3 rings (SSSR count). The number of carbonyl (C=O) groups is 1. The van der Waals surface area contributed by atoms with Gasteiger partial charge in [0.25, 0.3) is 5.91 Å². The molecule has 0 unspecified atom stereocenters. The van der Waals surface area contributed by atoms with Crippen molar-refractivity contribution < 1.29 is 19.0 Å². The number of nitrogens with zero attached hydrogens (tertiary/aromatic N) is 2. The summed E-state index contributed by atoms with van der Waals surface area (Å²) < 4.78 is 17.2. The first-order chi connectivity index (χ1) is 11.7. The number of aromatic nitrogens is 1. The highest BCUT2D eigenvalue weighted by Gasteiger charge is 2.33. The summed E-state index contributed by atoms with van der Waals surface area (Å²) in [4.78, 5) is 18.0. The van der Waals surface area contributed by atoms with Crippen molar-refractivity contribution in [2.24, 2.45) is 0 Å². The van der Waals surface area contributed by atoms with E-state index in [4.69, 9.17) is 14.2 Å². The molecule has 0 atom stereocenters. The summed E-state index contributed by atoms with van der Waals surface area (Å²) in [6.07, 6.45) is 1.63. The van der Waals surface area contributed by atoms with Crippen molar-refractivity contribution in [3.63, 3.8) is 0 Å². The Hall–Kier alpha value is -2.28. The van der Waals surface area contributed by atoms with Crippen LogP contribution in [0.3, 0.4) is 0 Å². The van der Waals surface area contributed by atoms with Crippen LogP contribution in [0.15, 0.2) is 47.1 Å². The van der Waals surface area contributed by atoms with E-state index >= 15 is 0 Å². The lowest BCUT2D eigenvalue weighted by Crippen LogP contribution is -2.57. The van der Waals surface area contributed by atoms with Gasteiger partial charge in [0.1, 0.15) is 17.6 Å². The van der Waals surface area contributed by atoms with E-state index in [1.54, 1.807) is 30.3 Å². The highest BCUT2D eigenvalue weighted by Crippen LogP contribution is 2.24. The number of likely N-dealkylation sites (tertiary alicyclic amines) is 1. The van der Waals surface area contributed by atoms with E-state index in [9.17, 15) is 4.79 Å². The second kappa shape index (κ2) is 7.53. The van der Waals surface area contributed by atoms with Crippen LogP contribution in [0.2, 0.25) is 0 Å². The second-order valence-corrected chi connectivity index (χ2v) is 6.15. The first-order valence-corrected chi connectivity index (χ1v) is 8.27. The normalized spacial score (nSPS) is 14.0. The number of ether oxygens (including phenoxy) is 3. The predicted octanol–water partition coefficient (Wildman–Crippen LogP) is 2.52. The van der Waals surface area contributed by atoms with Crippen LogP contribution in [-0.2, 0) is 4.79 Å². The summed E-state index contributed by atoms with van der Waals surface area (Å²) in [5.74, 6) is 1.77. The fourth-order valence-corrected chi connectivity index (χ4v) is 2.61. The average Bonchev–Trinajstić information content (AvgIpc) is 2.57. The molecular formula is C17H17BrN2O4. The Labute approximate surface area is 148 Å². The molecule has 126 valence electrons. The van der Waals surface area contributed by atoms with Crippen LogP contribution < -0.4 is 14.2 Å². The van der Waals surface area contributed by atoms with Gasteiger partial charge in [-0.3, -0.25) is 4.79 Å². The monoisotopic (exact) mass is 392 g/mol. The molecule has 1 aromatic carbocycles. The fourth-order valence-electron chi connectivity index (χ4n) is 2.26. The fraction of sp³-hybridized carbons (Fsp3) is 0.294. The maximum Gasteiger partial charge on any atom is 0.260 e. The third-order valence-corrected chi connectivity index (χ3v) is 4.21. The van der Waals surface area contributed by atoms with Gasteiger partial charge in [0.15, 0.2) is 6.61 Å². The van der Waals surface area contributed by atoms with E-state index in [1.165, 1.54) is 0 Å². The predicted molar refractivity (Wildman–Crippen MR) is 91.4 cm³/mol. The van der Waals surface area contributed by atoms with Crippen LogP contribution in [0, 0.1) is 0 Å². The number of methoxy groups -OCH3 is 1. The Bertz CT molecular complexity index is 719. The third kappa shape index (κ3) is 3.97. The van der Waals surface area contributed by atoms with Gasteiger partial charge in [-0.25, -0.2) is 4.98 Å². The molecule has 1 aliphatic rings. The van der Waals surface area contributed by atoms with Gasteiger partial charge in [-0.15, -0.1) is 0 Å². The highest BCUT2D eigenvalue weighted by molar-refractivity contribution is 9.10. The van der Waals surface area contributed by atoms with Gasteiger partial charge in [-0.1, -0.05) is 6.07 Å². The molecular weight excluding hydrogens is 376 g/mol. The summed E-state index contributed by atoms with van der Waals surface area (Å²) in [5, 5.41) is 0. The number of carbonyl (C=O) groups excluding carboxylic acids is 1. The minimum Gasteiger partial charge on any atom is -0.497 e. The summed E-state index contributed by atoms with van der Waals surface area (Å²) in [6, 6.07) is 10.9. The van der Waals surface area contributed by atoms with Crippen molar-refractivity contribution in [3.8, 4) is 17.4 Å². The lowest BCUT2D eigenvalue weighted by molar-refractivity contribution is -0.142. The van der Waals surface area contributed by atoms with Crippen molar-refractivity contribution in [2.75, 3.05) is 26.8 Å². The van der Waals surface area contributed by atoms with Gasteiger partial charge in [-0.05, 0) is 40.2 Å². The number of amides is 1. The second-order valence-electron chi connectivity index (χ2n) is 5.30. The average molecular weight is 393 g/mol. The van der Waals surface area contributed by atoms with Crippen molar-refractivity contribution in [2.45, 2.75) is 6.10 Å². The van der Waals surface area contributed by atoms with Crippen LogP contribution in [0.1, 0.15) is 0 Å². The molecule has 1 amide bonds. The van der Waals surface area contributed by atoms with E-state index in [0.717, 1.165) is 4.47 Å². The first-order valence-electron chi connectivity index (χ1n) is 7.47. The van der Waals surface area contributed by atoms with Crippen LogP contribution in [0.25, 0.3) is 0 Å². The standard InChI is InChI=1S/C17H17BrN2O4/c1-22-12-4-2-5-13(8-12)23-11-16(21)20-9-14(10-20)24-17-15(18)6-3-7-19-17/h2-8,14H,9-11H2,1H3. The van der Waals surface area contributed by atoms with E-state index in [1.807, 2.05) is 24.3 Å². The minimum atomic E-state index is -0.0715. The largest absolute Gasteiger partial charge is 0.497 e. The molecule has 2 heterocycles. The number of hydrogen-bond acceptors (Lipinski definition) is 5. The molecule has 0 spiro atoms. The summed E-state index contributed by atoms with van der Waals surface area (Å²) >= 11 is 3.39. The molecule has 0 radical (unpaired) electrons. The first kappa shape index (κ1) is 16.6. The highest BCUT2D eigenvalue weighted by atomic mass is 79.9. The summed E-state index contributed by atoms with van der Waals surface area (Å²) in [6.45, 7) is 1.06. The quantitative estimate of drug-likeness (QED) is 0.755. The zero-order chi connectivity index (χ0) is 16.9. The Morgan fingerprint density at radius 2 is 2.08 bits per heavy atom. The van der Waals surface area contributed by atoms with Crippen LogP contribution in [-0.4, -0.2) is 48.7 Å². The van der Waals surface area contributed by atoms with E-state index < -0.39 is 0 Å². The SMILES string of the molecule is COc1cccc(OCC(=O)N2CC(Oc3ncccc3Br)C2)c1. The molecule has 1 saturated heterocycles. The van der Waals surface area contributed by atoms with Crippen molar-refractivity contribution >= 4 is 21.8 Å². The number of rotatable bonds is 6. The van der Waals surface area contributed by atoms with Crippen molar-refractivity contribution in [1.29, 1.82) is 0 Å². The van der Waals surface area contributed by atoms with Gasteiger partial charge in [0, 0.05) is 12.3 Å². The molecule has 2 aromatic rings. The van der Waals surface area contributed by atoms with E-state index in [-0.39, 0.29) is 18.6 Å². The third-order valence-electron chi connectivity index (χ3n) is 3.61. The number of benzene rings is 1. The van der Waals surface area contributed by atoms with E-state index in [2.05, 4.69) is 20.9 Å². The van der Waals surface area contributed by atoms with Gasteiger partial charge in [0.2, 0.25) is 5.88 Å². The maximum absolute atomic E-state index is 12.1. The van der Waals surface area contributed by atoms with Crippen LogP contribution in [0.5, 0.6) is 17.4 Å². The summed E-state index contributed by atoms with van der Waals surface area (Å²) in [7, 11) is 1.59. The summed E-state index contributed by atoms with van der Waals surface area (Å²) in [5.41, 5.74) is 0. The Kier molecular flexibility index (Phi) is 5.20. The molecule has 0 saturated carbocycles. The van der Waals surface area contributed by atoms with Gasteiger partial charge in [0.05, 0.1) is 24.7 Å². The molecule has 0 N–H and O–H groups in total. The molecule has 6 nitrogen and oxygen atoms in total. The molecule has 1 aliphatic heterocycles. The Balaban J connectivity index is 1.44. The molecule has 1 fully saturated rings. The minimum absolute atomic E-state index is 0.00678. The molecule has 1 aromatic heterocycles. The maximum atomic E-state index is 12.1. The van der Waals surface area contributed by atoms with E-state index in [0.29, 0.717) is 30.5 Å². The topological polar surface area (TPSA) is 60.9 Å². The lowest BCUT2D eigenvalue weighted by atomic mass is 10.1. The number of pyridine rings is 1. The van der Waals surface area contributed by atoms with Crippen molar-refractivity contribution in [3.05, 3.63) is 47.1 Å². The molecule has 24 heavy (non-hydrogen) atoms. The van der Waals surface area contributed by atoms with Crippen LogP contribution >= 0.6 is 15.9 Å². The molecule has 7 heteroatoms. The van der Waals surface area contributed by atoms with Gasteiger partial charge in [-0.2, -0.15) is 0 Å². The molecule has 0 aliphatic carbocycles. The lowest BCUT2D eigenvalue weighted by Gasteiger charge is -2.38. The van der Waals surface area contributed by atoms with Crippen molar-refractivity contribution in [1.82, 2.24) is 9.88 Å².